The van der Waals surface area contributed by atoms with E-state index in [9.17, 15) is 18.7 Å². The molecule has 0 aromatic carbocycles. The SMILES string of the molecule is CCOP(C)(=O)OC(C(=O)OC)C(OP(C)(=O)OCC)C(=O)OC. The van der Waals surface area contributed by atoms with Crippen molar-refractivity contribution in [2.24, 2.45) is 0 Å². The number of ether oxygens (including phenoxy) is 2. The van der Waals surface area contributed by atoms with E-state index in [4.69, 9.17) is 18.1 Å². The van der Waals surface area contributed by atoms with Crippen LogP contribution in [0.2, 0.25) is 0 Å². The van der Waals surface area contributed by atoms with Gasteiger partial charge in [-0.05, 0) is 13.8 Å². The molecule has 24 heavy (non-hydrogen) atoms. The van der Waals surface area contributed by atoms with Crippen molar-refractivity contribution < 1.29 is 46.3 Å². The van der Waals surface area contributed by atoms with E-state index in [2.05, 4.69) is 9.47 Å². The Morgan fingerprint density at radius 1 is 0.792 bits per heavy atom. The number of esters is 2. The van der Waals surface area contributed by atoms with Crippen molar-refractivity contribution in [2.75, 3.05) is 40.8 Å². The molecule has 0 rings (SSSR count). The van der Waals surface area contributed by atoms with Gasteiger partial charge in [0.25, 0.3) is 0 Å². The lowest BCUT2D eigenvalue weighted by atomic mass is 10.2. The third-order valence-corrected chi connectivity index (χ3v) is 5.15. The van der Waals surface area contributed by atoms with Crippen LogP contribution in [0.15, 0.2) is 0 Å². The van der Waals surface area contributed by atoms with Crippen LogP contribution in [-0.2, 0) is 46.3 Å². The molecule has 4 unspecified atom stereocenters. The minimum absolute atomic E-state index is 0.0383. The summed E-state index contributed by atoms with van der Waals surface area (Å²) >= 11 is 0. The summed E-state index contributed by atoms with van der Waals surface area (Å²) in [6.45, 7) is 5.42. The molecule has 0 aliphatic heterocycles. The van der Waals surface area contributed by atoms with Crippen molar-refractivity contribution in [1.82, 2.24) is 0 Å². The highest BCUT2D eigenvalue weighted by molar-refractivity contribution is 7.53. The number of hydrogen-bond donors (Lipinski definition) is 0. The van der Waals surface area contributed by atoms with E-state index in [1.165, 1.54) is 0 Å². The molecule has 0 N–H and O–H groups in total. The number of rotatable bonds is 11. The smallest absolute Gasteiger partial charge is 0.338 e. The molecule has 0 fully saturated rings. The number of methoxy groups -OCH3 is 2. The van der Waals surface area contributed by atoms with E-state index < -0.39 is 39.3 Å². The van der Waals surface area contributed by atoms with Crippen LogP contribution in [0.1, 0.15) is 13.8 Å². The maximum absolute atomic E-state index is 12.2. The van der Waals surface area contributed by atoms with Gasteiger partial charge < -0.3 is 18.5 Å². The van der Waals surface area contributed by atoms with Gasteiger partial charge in [-0.1, -0.05) is 0 Å². The van der Waals surface area contributed by atoms with Gasteiger partial charge in [0.1, 0.15) is 0 Å². The zero-order valence-electron chi connectivity index (χ0n) is 14.5. The Morgan fingerprint density at radius 3 is 1.29 bits per heavy atom. The largest absolute Gasteiger partial charge is 0.467 e. The first-order chi connectivity index (χ1) is 11.0. The summed E-state index contributed by atoms with van der Waals surface area (Å²) in [6.07, 6.45) is -3.64. The van der Waals surface area contributed by atoms with Crippen LogP contribution in [0.25, 0.3) is 0 Å². The van der Waals surface area contributed by atoms with Gasteiger partial charge in [0.2, 0.25) is 12.2 Å². The van der Waals surface area contributed by atoms with Crippen LogP contribution < -0.4 is 0 Å². The Kier molecular flexibility index (Phi) is 9.96. The van der Waals surface area contributed by atoms with Crippen molar-refractivity contribution >= 4 is 27.1 Å². The molecule has 0 radical (unpaired) electrons. The lowest BCUT2D eigenvalue weighted by molar-refractivity contribution is -0.166. The van der Waals surface area contributed by atoms with Crippen LogP contribution in [-0.4, -0.2) is 64.9 Å². The molecule has 0 aliphatic rings. The minimum atomic E-state index is -3.72. The van der Waals surface area contributed by atoms with Crippen LogP contribution in [0, 0.1) is 0 Å². The predicted octanol–water partition coefficient (Wildman–Crippen LogP) is 1.82. The second-order valence-corrected chi connectivity index (χ2v) is 8.50. The van der Waals surface area contributed by atoms with Gasteiger partial charge in [0.15, 0.2) is 0 Å². The second kappa shape index (κ2) is 10.3. The van der Waals surface area contributed by atoms with Crippen molar-refractivity contribution in [3.63, 3.8) is 0 Å². The van der Waals surface area contributed by atoms with Gasteiger partial charge in [0.05, 0.1) is 27.4 Å². The molecule has 0 aromatic heterocycles. The van der Waals surface area contributed by atoms with Crippen molar-refractivity contribution in [1.29, 1.82) is 0 Å². The fraction of sp³-hybridized carbons (Fsp3) is 0.833. The van der Waals surface area contributed by atoms with E-state index in [0.29, 0.717) is 0 Å². The maximum atomic E-state index is 12.2. The first-order valence-electron chi connectivity index (χ1n) is 7.00. The quantitative estimate of drug-likeness (QED) is 0.381. The molecule has 0 aromatic rings. The summed E-state index contributed by atoms with van der Waals surface area (Å²) in [5.74, 6) is -2.16. The van der Waals surface area contributed by atoms with E-state index in [0.717, 1.165) is 27.5 Å². The topological polar surface area (TPSA) is 124 Å². The fourth-order valence-electron chi connectivity index (χ4n) is 1.62. The molecule has 0 bridgehead atoms. The monoisotopic (exact) mass is 390 g/mol. The zero-order chi connectivity index (χ0) is 19.0. The van der Waals surface area contributed by atoms with Crippen molar-refractivity contribution in [3.05, 3.63) is 0 Å². The average molecular weight is 390 g/mol. The highest BCUT2D eigenvalue weighted by atomic mass is 31.2. The molecule has 142 valence electrons. The molecule has 0 saturated heterocycles. The summed E-state index contributed by atoms with van der Waals surface area (Å²) in [7, 11) is -5.38. The van der Waals surface area contributed by atoms with Gasteiger partial charge >= 0.3 is 27.1 Å². The first-order valence-corrected chi connectivity index (χ1v) is 11.0. The van der Waals surface area contributed by atoms with Gasteiger partial charge in [-0.15, -0.1) is 0 Å². The standard InChI is InChI=1S/C12H24O10P2/c1-7-19-23(5,15)21-9(11(13)17-3)10(12(14)18-4)22-24(6,16)20-8-2/h9-10H,7-8H2,1-6H3. The Labute approximate surface area is 141 Å². The molecule has 12 heteroatoms. The first kappa shape index (κ1) is 23.2. The molecule has 0 heterocycles. The summed E-state index contributed by atoms with van der Waals surface area (Å²) in [6, 6.07) is 0. The van der Waals surface area contributed by atoms with Gasteiger partial charge in [0, 0.05) is 13.3 Å². The Balaban J connectivity index is 5.67. The molecule has 0 saturated carbocycles. The third-order valence-electron chi connectivity index (χ3n) is 2.48. The molecule has 0 spiro atoms. The summed E-state index contributed by atoms with van der Waals surface area (Å²) < 4.78 is 53.5. The van der Waals surface area contributed by atoms with Crippen LogP contribution >= 0.6 is 15.2 Å². The van der Waals surface area contributed by atoms with E-state index in [1.54, 1.807) is 13.8 Å². The molecular formula is C12H24O10P2. The molecule has 4 atom stereocenters. The second-order valence-electron chi connectivity index (χ2n) is 4.48. The molecular weight excluding hydrogens is 366 g/mol. The fourth-order valence-corrected chi connectivity index (χ4v) is 3.90. The zero-order valence-corrected chi connectivity index (χ0v) is 16.3. The normalized spacial score (nSPS) is 18.8. The molecule has 10 nitrogen and oxygen atoms in total. The van der Waals surface area contributed by atoms with Crippen LogP contribution in [0.3, 0.4) is 0 Å². The van der Waals surface area contributed by atoms with Gasteiger partial charge in [-0.2, -0.15) is 0 Å². The third kappa shape index (κ3) is 7.88. The maximum Gasteiger partial charge on any atom is 0.338 e. The van der Waals surface area contributed by atoms with E-state index in [1.807, 2.05) is 0 Å². The highest BCUT2D eigenvalue weighted by Gasteiger charge is 2.44. The Bertz CT molecular complexity index is 474. The number of carbonyl (C=O) groups is 2. The van der Waals surface area contributed by atoms with Gasteiger partial charge in [-0.3, -0.25) is 18.2 Å². The molecule has 0 amide bonds. The predicted molar refractivity (Wildman–Crippen MR) is 84.1 cm³/mol. The van der Waals surface area contributed by atoms with E-state index in [-0.39, 0.29) is 13.2 Å². The highest BCUT2D eigenvalue weighted by Crippen LogP contribution is 2.49. The van der Waals surface area contributed by atoms with Gasteiger partial charge in [-0.25, -0.2) is 9.59 Å². The summed E-state index contributed by atoms with van der Waals surface area (Å²) in [5, 5.41) is 0. The van der Waals surface area contributed by atoms with Crippen molar-refractivity contribution in [2.45, 2.75) is 26.1 Å². The average Bonchev–Trinajstić information content (AvgIpc) is 2.49. The van der Waals surface area contributed by atoms with E-state index >= 15 is 0 Å². The van der Waals surface area contributed by atoms with Crippen molar-refractivity contribution in [3.8, 4) is 0 Å². The number of carbonyl (C=O) groups excluding carboxylic acids is 2. The van der Waals surface area contributed by atoms with Crippen LogP contribution in [0.5, 0.6) is 0 Å². The summed E-state index contributed by atoms with van der Waals surface area (Å²) in [4.78, 5) is 23.9. The summed E-state index contributed by atoms with van der Waals surface area (Å²) in [5.41, 5.74) is 0. The van der Waals surface area contributed by atoms with Crippen LogP contribution in [0.4, 0.5) is 0 Å². The lowest BCUT2D eigenvalue weighted by Crippen LogP contribution is -2.44. The Morgan fingerprint density at radius 2 is 1.08 bits per heavy atom. The Hall–Kier alpha value is -0.760. The number of hydrogen-bond acceptors (Lipinski definition) is 10. The lowest BCUT2D eigenvalue weighted by Gasteiger charge is -2.27. The minimum Gasteiger partial charge on any atom is -0.467 e. The molecule has 0 aliphatic carbocycles.